The minimum absolute atomic E-state index is 0.0169. The van der Waals surface area contributed by atoms with Crippen LogP contribution in [-0.4, -0.2) is 24.4 Å². The summed E-state index contributed by atoms with van der Waals surface area (Å²) < 4.78 is 44.2. The van der Waals surface area contributed by atoms with Gasteiger partial charge in [-0.05, 0) is 6.92 Å². The van der Waals surface area contributed by atoms with Gasteiger partial charge in [-0.1, -0.05) is 0 Å². The summed E-state index contributed by atoms with van der Waals surface area (Å²) >= 11 is 0. The van der Waals surface area contributed by atoms with Crippen LogP contribution in [0.3, 0.4) is 0 Å². The van der Waals surface area contributed by atoms with Gasteiger partial charge in [-0.25, -0.2) is 0 Å². The fourth-order valence-corrected chi connectivity index (χ4v) is 1.19. The Morgan fingerprint density at radius 2 is 2.06 bits per heavy atom. The molecule has 8 heteroatoms. The summed E-state index contributed by atoms with van der Waals surface area (Å²) in [6, 6.07) is 1.02. The van der Waals surface area contributed by atoms with Crippen LogP contribution in [0.25, 0.3) is 0 Å². The van der Waals surface area contributed by atoms with E-state index in [9.17, 15) is 22.8 Å². The van der Waals surface area contributed by atoms with Crippen molar-refractivity contribution in [1.29, 1.82) is 0 Å². The van der Waals surface area contributed by atoms with Crippen LogP contribution < -0.4 is 10.2 Å². The molecule has 1 aromatic heterocycles. The van der Waals surface area contributed by atoms with E-state index in [4.69, 9.17) is 0 Å². The minimum atomic E-state index is -4.92. The van der Waals surface area contributed by atoms with Gasteiger partial charge in [0.05, 0.1) is 19.1 Å². The molecule has 1 N–H and O–H groups in total. The van der Waals surface area contributed by atoms with Crippen molar-refractivity contribution in [3.05, 3.63) is 27.5 Å². The molecule has 1 heterocycles. The van der Waals surface area contributed by atoms with E-state index in [2.05, 4.69) is 14.5 Å². The van der Waals surface area contributed by atoms with Gasteiger partial charge in [0.1, 0.15) is 0 Å². The second-order valence-electron chi connectivity index (χ2n) is 3.41. The van der Waals surface area contributed by atoms with Crippen LogP contribution in [0.1, 0.15) is 11.3 Å². The Bertz CT molecular complexity index is 507. The van der Waals surface area contributed by atoms with Gasteiger partial charge >= 0.3 is 12.3 Å². The number of methoxy groups -OCH3 is 1. The van der Waals surface area contributed by atoms with E-state index in [1.807, 2.05) is 0 Å². The predicted octanol–water partition coefficient (Wildman–Crippen LogP) is 1.30. The predicted molar refractivity (Wildman–Crippen MR) is 54.2 cm³/mol. The number of ether oxygens (including phenoxy) is 2. The van der Waals surface area contributed by atoms with Crippen LogP contribution in [0.5, 0.6) is 5.88 Å². The summed E-state index contributed by atoms with van der Waals surface area (Å²) in [7, 11) is 1.13. The first kappa shape index (κ1) is 14.1. The quantitative estimate of drug-likeness (QED) is 0.836. The lowest BCUT2D eigenvalue weighted by atomic mass is 10.2. The molecule has 0 spiro atoms. The summed E-state index contributed by atoms with van der Waals surface area (Å²) in [5.41, 5.74) is -0.899. The number of pyridine rings is 1. The number of carbonyl (C=O) groups is 1. The van der Waals surface area contributed by atoms with Gasteiger partial charge in [0.2, 0.25) is 5.88 Å². The normalized spacial score (nSPS) is 11.2. The van der Waals surface area contributed by atoms with Gasteiger partial charge in [0.25, 0.3) is 0 Å². The molecule has 0 saturated carbocycles. The molecule has 0 radical (unpaired) electrons. The highest BCUT2D eigenvalue weighted by molar-refractivity contribution is 5.71. The van der Waals surface area contributed by atoms with Crippen molar-refractivity contribution in [2.75, 3.05) is 7.11 Å². The van der Waals surface area contributed by atoms with E-state index < -0.39 is 23.6 Å². The second-order valence-corrected chi connectivity index (χ2v) is 3.41. The number of H-pyrrole nitrogens is 1. The number of hydrogen-bond acceptors (Lipinski definition) is 4. The first-order valence-electron chi connectivity index (χ1n) is 4.78. The Morgan fingerprint density at radius 3 is 2.56 bits per heavy atom. The lowest BCUT2D eigenvalue weighted by Gasteiger charge is -2.12. The maximum Gasteiger partial charge on any atom is 0.574 e. The smallest absolute Gasteiger partial charge is 0.469 e. The largest absolute Gasteiger partial charge is 0.574 e. The van der Waals surface area contributed by atoms with Crippen molar-refractivity contribution < 1.29 is 27.4 Å². The summed E-state index contributed by atoms with van der Waals surface area (Å²) in [6.07, 6.45) is -5.27. The van der Waals surface area contributed by atoms with Crippen molar-refractivity contribution >= 4 is 5.97 Å². The molecule has 0 aliphatic carbocycles. The molecule has 5 nitrogen and oxygen atoms in total. The van der Waals surface area contributed by atoms with Crippen LogP contribution in [0.4, 0.5) is 13.2 Å². The number of aromatic nitrogens is 1. The molecule has 1 rings (SSSR count). The number of esters is 1. The van der Waals surface area contributed by atoms with Gasteiger partial charge in [-0.15, -0.1) is 13.2 Å². The Hall–Kier alpha value is -1.99. The van der Waals surface area contributed by atoms with Crippen LogP contribution in [0.15, 0.2) is 10.9 Å². The van der Waals surface area contributed by atoms with E-state index in [0.29, 0.717) is 0 Å². The van der Waals surface area contributed by atoms with Crippen molar-refractivity contribution in [2.45, 2.75) is 19.7 Å². The fraction of sp³-hybridized carbons (Fsp3) is 0.400. The average molecular weight is 265 g/mol. The molecule has 1 aromatic rings. The number of hydrogen-bond donors (Lipinski definition) is 1. The van der Waals surface area contributed by atoms with Gasteiger partial charge in [0, 0.05) is 11.8 Å². The first-order chi connectivity index (χ1) is 8.23. The van der Waals surface area contributed by atoms with Gasteiger partial charge in [-0.2, -0.15) is 0 Å². The average Bonchev–Trinajstić information content (AvgIpc) is 2.23. The molecule has 18 heavy (non-hydrogen) atoms. The summed E-state index contributed by atoms with van der Waals surface area (Å²) in [5, 5.41) is 0. The molecule has 0 bridgehead atoms. The molecule has 0 atom stereocenters. The molecule has 0 saturated heterocycles. The van der Waals surface area contributed by atoms with Crippen molar-refractivity contribution in [3.63, 3.8) is 0 Å². The SMILES string of the molecule is COC(=O)Cc1cc(=O)c(C)c(OC(F)(F)F)[nH]1. The molecule has 0 amide bonds. The molecule has 0 aliphatic heterocycles. The third-order valence-electron chi connectivity index (χ3n) is 2.07. The third kappa shape index (κ3) is 3.79. The highest BCUT2D eigenvalue weighted by atomic mass is 19.4. The van der Waals surface area contributed by atoms with Crippen LogP contribution >= 0.6 is 0 Å². The zero-order valence-electron chi connectivity index (χ0n) is 9.55. The number of nitrogens with one attached hydrogen (secondary N) is 1. The molecule has 0 fully saturated rings. The van der Waals surface area contributed by atoms with Crippen molar-refractivity contribution in [3.8, 4) is 5.88 Å². The van der Waals surface area contributed by atoms with Gasteiger partial charge in [-0.3, -0.25) is 9.59 Å². The van der Waals surface area contributed by atoms with E-state index >= 15 is 0 Å². The fourth-order valence-electron chi connectivity index (χ4n) is 1.19. The minimum Gasteiger partial charge on any atom is -0.469 e. The molecule has 0 unspecified atom stereocenters. The van der Waals surface area contributed by atoms with Gasteiger partial charge in [0.15, 0.2) is 5.43 Å². The maximum atomic E-state index is 12.1. The number of halogens is 3. The van der Waals surface area contributed by atoms with Crippen LogP contribution in [0.2, 0.25) is 0 Å². The summed E-state index contributed by atoms with van der Waals surface area (Å²) in [6.45, 7) is 1.18. The lowest BCUT2D eigenvalue weighted by Crippen LogP contribution is -2.22. The van der Waals surface area contributed by atoms with Gasteiger partial charge < -0.3 is 14.5 Å². The molecule has 0 aromatic carbocycles. The van der Waals surface area contributed by atoms with Crippen molar-refractivity contribution in [1.82, 2.24) is 4.98 Å². The first-order valence-corrected chi connectivity index (χ1v) is 4.78. The molecule has 100 valence electrons. The topological polar surface area (TPSA) is 68.4 Å². The Morgan fingerprint density at radius 1 is 1.44 bits per heavy atom. The van der Waals surface area contributed by atoms with Crippen LogP contribution in [-0.2, 0) is 16.0 Å². The Balaban J connectivity index is 3.11. The zero-order valence-corrected chi connectivity index (χ0v) is 9.55. The second kappa shape index (κ2) is 5.11. The molecular formula is C10H10F3NO4. The van der Waals surface area contributed by atoms with E-state index in [1.54, 1.807) is 0 Å². The molecular weight excluding hydrogens is 255 g/mol. The summed E-state index contributed by atoms with van der Waals surface area (Å²) in [4.78, 5) is 24.6. The zero-order chi connectivity index (χ0) is 13.9. The highest BCUT2D eigenvalue weighted by Crippen LogP contribution is 2.22. The highest BCUT2D eigenvalue weighted by Gasteiger charge is 2.32. The number of aromatic amines is 1. The number of carbonyl (C=O) groups excluding carboxylic acids is 1. The number of rotatable bonds is 3. The molecule has 0 aliphatic rings. The van der Waals surface area contributed by atoms with E-state index in [0.717, 1.165) is 13.2 Å². The maximum absolute atomic E-state index is 12.1. The van der Waals surface area contributed by atoms with Crippen molar-refractivity contribution in [2.24, 2.45) is 0 Å². The lowest BCUT2D eigenvalue weighted by molar-refractivity contribution is -0.276. The number of alkyl halides is 3. The monoisotopic (exact) mass is 265 g/mol. The Kier molecular flexibility index (Phi) is 4.00. The summed E-state index contributed by atoms with van der Waals surface area (Å²) in [5.74, 6) is -1.42. The van der Waals surface area contributed by atoms with E-state index in [1.165, 1.54) is 6.92 Å². The standard InChI is InChI=1S/C10H10F3NO4/c1-5-7(15)3-6(4-8(16)17-2)14-9(5)18-10(11,12)13/h3H,4H2,1-2H3,(H,14,15). The van der Waals surface area contributed by atoms with Crippen LogP contribution in [0, 0.1) is 6.92 Å². The van der Waals surface area contributed by atoms with E-state index in [-0.39, 0.29) is 17.7 Å². The Labute approximate surface area is 99.5 Å². The third-order valence-corrected chi connectivity index (χ3v) is 2.07.